The van der Waals surface area contributed by atoms with Gasteiger partial charge in [-0.3, -0.25) is 9.59 Å². The lowest BCUT2D eigenvalue weighted by atomic mass is 10.1. The first-order valence-electron chi connectivity index (χ1n) is 8.52. The van der Waals surface area contributed by atoms with Crippen LogP contribution in [-0.2, 0) is 16.1 Å². The van der Waals surface area contributed by atoms with Crippen LogP contribution in [0.2, 0.25) is 5.02 Å². The molecule has 0 aliphatic carbocycles. The minimum atomic E-state index is -0.616. The molecule has 3 rings (SSSR count). The lowest BCUT2D eigenvalue weighted by Gasteiger charge is -2.07. The number of aromatic nitrogens is 2. The number of carbonyl (C=O) groups excluding carboxylic acids is 2. The van der Waals surface area contributed by atoms with Gasteiger partial charge in [-0.25, -0.2) is 0 Å². The van der Waals surface area contributed by atoms with Crippen molar-refractivity contribution in [3.05, 3.63) is 70.1 Å². The van der Waals surface area contributed by atoms with E-state index in [1.54, 1.807) is 36.4 Å². The minimum Gasteiger partial charge on any atom is -0.454 e. The second kappa shape index (κ2) is 8.67. The van der Waals surface area contributed by atoms with Crippen LogP contribution in [0.15, 0.2) is 47.0 Å². The summed E-state index contributed by atoms with van der Waals surface area (Å²) in [6.45, 7) is 3.41. The Balaban J connectivity index is 1.50. The molecule has 0 aliphatic heterocycles. The number of benzene rings is 2. The molecule has 0 spiro atoms. The van der Waals surface area contributed by atoms with Gasteiger partial charge in [-0.15, -0.1) is 0 Å². The van der Waals surface area contributed by atoms with E-state index < -0.39 is 5.97 Å². The molecule has 0 atom stereocenters. The third kappa shape index (κ3) is 4.75. The molecule has 144 valence electrons. The van der Waals surface area contributed by atoms with Crippen molar-refractivity contribution in [3.63, 3.8) is 0 Å². The number of carbonyl (C=O) groups is 2. The average Bonchev–Trinajstić information content (AvgIpc) is 3.15. The highest BCUT2D eigenvalue weighted by molar-refractivity contribution is 6.33. The van der Waals surface area contributed by atoms with Gasteiger partial charge in [-0.2, -0.15) is 4.98 Å². The van der Waals surface area contributed by atoms with E-state index in [2.05, 4.69) is 15.5 Å². The fourth-order valence-corrected chi connectivity index (χ4v) is 2.62. The van der Waals surface area contributed by atoms with E-state index in [-0.39, 0.29) is 24.9 Å². The van der Waals surface area contributed by atoms with Crippen molar-refractivity contribution in [2.24, 2.45) is 0 Å². The summed E-state index contributed by atoms with van der Waals surface area (Å²) in [6.07, 6.45) is 0. The van der Waals surface area contributed by atoms with Gasteiger partial charge in [-0.05, 0) is 49.2 Å². The number of ether oxygens (including phenoxy) is 1. The maximum absolute atomic E-state index is 12.1. The zero-order valence-corrected chi connectivity index (χ0v) is 16.1. The van der Waals surface area contributed by atoms with Crippen LogP contribution < -0.4 is 5.32 Å². The van der Waals surface area contributed by atoms with Crippen LogP contribution in [0.25, 0.3) is 11.4 Å². The third-order valence-electron chi connectivity index (χ3n) is 4.10. The normalized spacial score (nSPS) is 10.5. The first kappa shape index (κ1) is 19.6. The van der Waals surface area contributed by atoms with Gasteiger partial charge in [0.15, 0.2) is 6.61 Å². The van der Waals surface area contributed by atoms with Gasteiger partial charge < -0.3 is 14.6 Å². The zero-order chi connectivity index (χ0) is 20.1. The van der Waals surface area contributed by atoms with Gasteiger partial charge in [0.25, 0.3) is 11.8 Å². The van der Waals surface area contributed by atoms with Gasteiger partial charge in [-0.1, -0.05) is 35.0 Å². The Kier molecular flexibility index (Phi) is 6.06. The lowest BCUT2D eigenvalue weighted by Crippen LogP contribution is -2.30. The monoisotopic (exact) mass is 399 g/mol. The van der Waals surface area contributed by atoms with E-state index in [0.717, 1.165) is 11.1 Å². The molecular weight excluding hydrogens is 382 g/mol. The molecule has 28 heavy (non-hydrogen) atoms. The largest absolute Gasteiger partial charge is 0.454 e. The molecule has 1 amide bonds. The molecule has 1 aromatic heterocycles. The maximum atomic E-state index is 12.1. The molecule has 0 unspecified atom stereocenters. The second-order valence-electron chi connectivity index (χ2n) is 6.13. The molecule has 8 heteroatoms. The average molecular weight is 400 g/mol. The Morgan fingerprint density at radius 2 is 1.93 bits per heavy atom. The lowest BCUT2D eigenvalue weighted by molar-refractivity contribution is -0.144. The highest BCUT2D eigenvalue weighted by Gasteiger charge is 2.14. The molecule has 3 aromatic rings. The fourth-order valence-electron chi connectivity index (χ4n) is 2.40. The van der Waals surface area contributed by atoms with Crippen molar-refractivity contribution in [3.8, 4) is 11.4 Å². The first-order chi connectivity index (χ1) is 13.4. The summed E-state index contributed by atoms with van der Waals surface area (Å²) >= 11 is 6.09. The number of esters is 1. The first-order valence-corrected chi connectivity index (χ1v) is 8.90. The van der Waals surface area contributed by atoms with Crippen LogP contribution >= 0.6 is 11.6 Å². The van der Waals surface area contributed by atoms with E-state index in [1.165, 1.54) is 0 Å². The van der Waals surface area contributed by atoms with Crippen LogP contribution in [0.5, 0.6) is 0 Å². The highest BCUT2D eigenvalue weighted by Crippen LogP contribution is 2.24. The molecular formula is C20H18ClN3O4. The quantitative estimate of drug-likeness (QED) is 0.638. The minimum absolute atomic E-state index is 0.128. The molecule has 0 saturated heterocycles. The summed E-state index contributed by atoms with van der Waals surface area (Å²) in [7, 11) is 0. The number of hydrogen-bond donors (Lipinski definition) is 1. The SMILES string of the molecule is Cc1ccc(C(=O)NCC(=O)OCc2nc(-c3ccccc3Cl)no2)cc1C. The Labute approximate surface area is 166 Å². The van der Waals surface area contributed by atoms with Crippen molar-refractivity contribution in [2.75, 3.05) is 6.54 Å². The van der Waals surface area contributed by atoms with Gasteiger partial charge in [0.2, 0.25) is 5.82 Å². The molecule has 1 heterocycles. The highest BCUT2D eigenvalue weighted by atomic mass is 35.5. The van der Waals surface area contributed by atoms with E-state index >= 15 is 0 Å². The molecule has 2 aromatic carbocycles. The van der Waals surface area contributed by atoms with E-state index in [1.807, 2.05) is 19.9 Å². The van der Waals surface area contributed by atoms with Crippen LogP contribution in [0.3, 0.4) is 0 Å². The molecule has 0 aliphatic rings. The predicted octanol–water partition coefficient (Wildman–Crippen LogP) is 3.48. The Bertz CT molecular complexity index is 1020. The molecule has 1 N–H and O–H groups in total. The molecule has 0 fully saturated rings. The standard InChI is InChI=1S/C20H18ClN3O4/c1-12-7-8-14(9-13(12)2)20(26)22-10-18(25)27-11-17-23-19(24-28-17)15-5-3-4-6-16(15)21/h3-9H,10-11H2,1-2H3,(H,22,26). The van der Waals surface area contributed by atoms with E-state index in [0.29, 0.717) is 22.0 Å². The van der Waals surface area contributed by atoms with Crippen molar-refractivity contribution < 1.29 is 18.8 Å². The van der Waals surface area contributed by atoms with E-state index in [4.69, 9.17) is 20.9 Å². The molecule has 0 radical (unpaired) electrons. The number of rotatable bonds is 6. The van der Waals surface area contributed by atoms with Gasteiger partial charge in [0, 0.05) is 11.1 Å². The van der Waals surface area contributed by atoms with Gasteiger partial charge in [0.1, 0.15) is 6.54 Å². The van der Waals surface area contributed by atoms with Gasteiger partial charge >= 0.3 is 5.97 Å². The summed E-state index contributed by atoms with van der Waals surface area (Å²) in [6, 6.07) is 12.4. The summed E-state index contributed by atoms with van der Waals surface area (Å²) < 4.78 is 10.1. The summed E-state index contributed by atoms with van der Waals surface area (Å²) in [5.74, 6) is -0.531. The molecule has 7 nitrogen and oxygen atoms in total. The number of hydrogen-bond acceptors (Lipinski definition) is 6. The Morgan fingerprint density at radius 3 is 2.68 bits per heavy atom. The van der Waals surface area contributed by atoms with E-state index in [9.17, 15) is 9.59 Å². The Morgan fingerprint density at radius 1 is 1.14 bits per heavy atom. The number of nitrogens with zero attached hydrogens (tertiary/aromatic N) is 2. The summed E-state index contributed by atoms with van der Waals surface area (Å²) in [5, 5.41) is 6.83. The maximum Gasteiger partial charge on any atom is 0.325 e. The van der Waals surface area contributed by atoms with Crippen molar-refractivity contribution >= 4 is 23.5 Å². The van der Waals surface area contributed by atoms with Gasteiger partial charge in [0.05, 0.1) is 5.02 Å². The number of halogens is 1. The van der Waals surface area contributed by atoms with Crippen LogP contribution in [0.1, 0.15) is 27.4 Å². The number of amides is 1. The summed E-state index contributed by atoms with van der Waals surface area (Å²) in [5.41, 5.74) is 3.19. The van der Waals surface area contributed by atoms with Crippen molar-refractivity contribution in [1.82, 2.24) is 15.5 Å². The smallest absolute Gasteiger partial charge is 0.325 e. The molecule has 0 bridgehead atoms. The number of nitrogens with one attached hydrogen (secondary N) is 1. The zero-order valence-electron chi connectivity index (χ0n) is 15.4. The van der Waals surface area contributed by atoms with Crippen LogP contribution in [0.4, 0.5) is 0 Å². The van der Waals surface area contributed by atoms with Crippen molar-refractivity contribution in [1.29, 1.82) is 0 Å². The topological polar surface area (TPSA) is 94.3 Å². The molecule has 0 saturated carbocycles. The van der Waals surface area contributed by atoms with Crippen LogP contribution in [0, 0.1) is 13.8 Å². The Hall–Kier alpha value is -3.19. The summed E-state index contributed by atoms with van der Waals surface area (Å²) in [4.78, 5) is 28.1. The fraction of sp³-hybridized carbons (Fsp3) is 0.200. The van der Waals surface area contributed by atoms with Crippen LogP contribution in [-0.4, -0.2) is 28.6 Å². The van der Waals surface area contributed by atoms with Crippen molar-refractivity contribution in [2.45, 2.75) is 20.5 Å². The number of aryl methyl sites for hydroxylation is 2. The third-order valence-corrected chi connectivity index (χ3v) is 4.43. The second-order valence-corrected chi connectivity index (χ2v) is 6.54. The predicted molar refractivity (Wildman–Crippen MR) is 103 cm³/mol.